The third-order valence-electron chi connectivity index (χ3n) is 5.00. The molecule has 0 amide bonds. The first kappa shape index (κ1) is 15.0. The van der Waals surface area contributed by atoms with Gasteiger partial charge >= 0.3 is 0 Å². The summed E-state index contributed by atoms with van der Waals surface area (Å²) in [5, 5.41) is 17.1. The van der Waals surface area contributed by atoms with Crippen LogP contribution in [-0.2, 0) is 0 Å². The van der Waals surface area contributed by atoms with Crippen molar-refractivity contribution in [3.8, 4) is 11.5 Å². The average Bonchev–Trinajstić information content (AvgIpc) is 3.14. The lowest BCUT2D eigenvalue weighted by Crippen LogP contribution is -2.33. The van der Waals surface area contributed by atoms with Crippen molar-refractivity contribution in [2.24, 2.45) is 5.10 Å². The van der Waals surface area contributed by atoms with E-state index in [9.17, 15) is 5.11 Å². The highest BCUT2D eigenvalue weighted by molar-refractivity contribution is 6.04. The zero-order valence-electron chi connectivity index (χ0n) is 14.1. The molecule has 5 rings (SSSR count). The van der Waals surface area contributed by atoms with Crippen LogP contribution in [0.5, 0.6) is 11.5 Å². The molecule has 128 valence electrons. The molecule has 4 heteroatoms. The normalized spacial score (nSPS) is 20.8. The van der Waals surface area contributed by atoms with Crippen molar-refractivity contribution >= 4 is 5.71 Å². The maximum absolute atomic E-state index is 10.3. The molecule has 0 saturated heterocycles. The highest BCUT2D eigenvalue weighted by atomic mass is 16.5. The van der Waals surface area contributed by atoms with Gasteiger partial charge in [0, 0.05) is 23.1 Å². The van der Waals surface area contributed by atoms with E-state index in [1.807, 2.05) is 59.6 Å². The van der Waals surface area contributed by atoms with Crippen LogP contribution in [0, 0.1) is 0 Å². The molecule has 4 nitrogen and oxygen atoms in total. The number of hydrogen-bond acceptors (Lipinski definition) is 4. The van der Waals surface area contributed by atoms with Gasteiger partial charge in [0.25, 0.3) is 0 Å². The highest BCUT2D eigenvalue weighted by Gasteiger charge is 2.41. The summed E-state index contributed by atoms with van der Waals surface area (Å²) in [4.78, 5) is 0. The summed E-state index contributed by atoms with van der Waals surface area (Å²) in [6, 6.07) is 25.7. The molecule has 2 aliphatic rings. The van der Waals surface area contributed by atoms with Crippen LogP contribution in [0.1, 0.15) is 35.4 Å². The second kappa shape index (κ2) is 5.92. The van der Waals surface area contributed by atoms with Gasteiger partial charge in [-0.15, -0.1) is 0 Å². The van der Waals surface area contributed by atoms with Crippen molar-refractivity contribution in [3.63, 3.8) is 0 Å². The minimum Gasteiger partial charge on any atom is -0.507 e. The number of nitrogens with zero attached hydrogens (tertiary/aromatic N) is 2. The summed E-state index contributed by atoms with van der Waals surface area (Å²) in [7, 11) is 0. The standard InChI is InChI=1S/C22H18N2O2/c25-20-12-6-4-10-16(20)18-14-19-17-11-5-7-13-21(17)26-22(24(19)23-18)15-8-2-1-3-9-15/h1-13,19,22,25H,14H2/t19-,22-/m0/s1. The number of fused-ring (bicyclic) bond motifs is 3. The predicted octanol–water partition coefficient (Wildman–Crippen LogP) is 4.63. The molecule has 0 unspecified atom stereocenters. The van der Waals surface area contributed by atoms with Crippen LogP contribution in [-0.4, -0.2) is 15.8 Å². The van der Waals surface area contributed by atoms with Gasteiger partial charge in [0.05, 0.1) is 11.8 Å². The lowest BCUT2D eigenvalue weighted by atomic mass is 9.95. The Balaban J connectivity index is 1.62. The monoisotopic (exact) mass is 342 g/mol. The third kappa shape index (κ3) is 2.34. The van der Waals surface area contributed by atoms with E-state index in [1.165, 1.54) is 0 Å². The van der Waals surface area contributed by atoms with Gasteiger partial charge in [-0.05, 0) is 18.2 Å². The Morgan fingerprint density at radius 1 is 0.885 bits per heavy atom. The number of hydrazone groups is 1. The number of phenolic OH excluding ortho intramolecular Hbond substituents is 1. The fourth-order valence-corrected chi connectivity index (χ4v) is 3.75. The fraction of sp³-hybridized carbons (Fsp3) is 0.136. The molecule has 2 heterocycles. The molecule has 0 saturated carbocycles. The maximum Gasteiger partial charge on any atom is 0.213 e. The van der Waals surface area contributed by atoms with E-state index in [1.54, 1.807) is 6.07 Å². The Hall–Kier alpha value is -3.27. The molecule has 2 aliphatic heterocycles. The number of benzene rings is 3. The molecular formula is C22H18N2O2. The lowest BCUT2D eigenvalue weighted by Gasteiger charge is -2.38. The molecule has 26 heavy (non-hydrogen) atoms. The fourth-order valence-electron chi connectivity index (χ4n) is 3.75. The molecule has 0 spiro atoms. The summed E-state index contributed by atoms with van der Waals surface area (Å²) in [6.07, 6.45) is 0.459. The highest BCUT2D eigenvalue weighted by Crippen LogP contribution is 2.47. The van der Waals surface area contributed by atoms with E-state index < -0.39 is 0 Å². The number of rotatable bonds is 2. The molecule has 0 aromatic heterocycles. The quantitative estimate of drug-likeness (QED) is 0.738. The lowest BCUT2D eigenvalue weighted by molar-refractivity contribution is -0.0190. The molecule has 0 radical (unpaired) electrons. The number of hydrogen-bond donors (Lipinski definition) is 1. The molecule has 3 aromatic rings. The minimum absolute atomic E-state index is 0.0970. The van der Waals surface area contributed by atoms with Gasteiger partial charge in [-0.2, -0.15) is 5.10 Å². The van der Waals surface area contributed by atoms with Crippen LogP contribution in [0.2, 0.25) is 0 Å². The largest absolute Gasteiger partial charge is 0.507 e. The van der Waals surface area contributed by atoms with Crippen molar-refractivity contribution in [2.45, 2.75) is 18.7 Å². The molecule has 0 bridgehead atoms. The van der Waals surface area contributed by atoms with Gasteiger partial charge in [-0.1, -0.05) is 60.7 Å². The second-order valence-electron chi connectivity index (χ2n) is 6.58. The van der Waals surface area contributed by atoms with E-state index >= 15 is 0 Å². The van der Waals surface area contributed by atoms with Gasteiger partial charge in [0.2, 0.25) is 6.23 Å². The second-order valence-corrected chi connectivity index (χ2v) is 6.58. The Bertz CT molecular complexity index is 984. The van der Waals surface area contributed by atoms with Gasteiger partial charge in [-0.25, -0.2) is 5.01 Å². The summed E-state index contributed by atoms with van der Waals surface area (Å²) in [6.45, 7) is 0. The summed E-state index contributed by atoms with van der Waals surface area (Å²) in [5.74, 6) is 1.16. The van der Waals surface area contributed by atoms with Gasteiger partial charge < -0.3 is 9.84 Å². The first-order valence-corrected chi connectivity index (χ1v) is 8.76. The number of para-hydroxylation sites is 2. The van der Waals surface area contributed by atoms with Crippen molar-refractivity contribution in [1.29, 1.82) is 0 Å². The van der Waals surface area contributed by atoms with E-state index in [4.69, 9.17) is 9.84 Å². The number of ether oxygens (including phenoxy) is 1. The first-order chi connectivity index (χ1) is 12.8. The molecule has 1 N–H and O–H groups in total. The average molecular weight is 342 g/mol. The van der Waals surface area contributed by atoms with Crippen LogP contribution < -0.4 is 4.74 Å². The van der Waals surface area contributed by atoms with E-state index in [-0.39, 0.29) is 18.0 Å². The third-order valence-corrected chi connectivity index (χ3v) is 5.00. The molecular weight excluding hydrogens is 324 g/mol. The topological polar surface area (TPSA) is 45.1 Å². The van der Waals surface area contributed by atoms with Crippen molar-refractivity contribution < 1.29 is 9.84 Å². The van der Waals surface area contributed by atoms with E-state index in [2.05, 4.69) is 18.2 Å². The van der Waals surface area contributed by atoms with Crippen molar-refractivity contribution in [2.75, 3.05) is 0 Å². The molecule has 2 atom stereocenters. The smallest absolute Gasteiger partial charge is 0.213 e. The predicted molar refractivity (Wildman–Crippen MR) is 100 cm³/mol. The minimum atomic E-state index is -0.278. The van der Waals surface area contributed by atoms with Gasteiger partial charge in [-0.3, -0.25) is 0 Å². The molecule has 3 aromatic carbocycles. The van der Waals surface area contributed by atoms with Crippen LogP contribution in [0.15, 0.2) is 84.0 Å². The Labute approximate surface area is 152 Å². The Morgan fingerprint density at radius 3 is 2.46 bits per heavy atom. The zero-order chi connectivity index (χ0) is 17.5. The zero-order valence-corrected chi connectivity index (χ0v) is 14.1. The van der Waals surface area contributed by atoms with Gasteiger partial charge in [0.1, 0.15) is 11.5 Å². The first-order valence-electron chi connectivity index (χ1n) is 8.76. The SMILES string of the molecule is Oc1ccccc1C1=NN2[C@@H](C1)c1ccccc1O[C@H]2c1ccccc1. The van der Waals surface area contributed by atoms with Crippen molar-refractivity contribution in [1.82, 2.24) is 5.01 Å². The van der Waals surface area contributed by atoms with Gasteiger partial charge in [0.15, 0.2) is 0 Å². The van der Waals surface area contributed by atoms with Crippen LogP contribution in [0.3, 0.4) is 0 Å². The summed E-state index contributed by atoms with van der Waals surface area (Å²) in [5.41, 5.74) is 3.86. The number of aromatic hydroxyl groups is 1. The molecule has 0 fully saturated rings. The Morgan fingerprint density at radius 2 is 1.62 bits per heavy atom. The summed E-state index contributed by atoms with van der Waals surface area (Å²) >= 11 is 0. The maximum atomic E-state index is 10.3. The van der Waals surface area contributed by atoms with Crippen LogP contribution in [0.4, 0.5) is 0 Å². The van der Waals surface area contributed by atoms with Crippen molar-refractivity contribution in [3.05, 3.63) is 95.6 Å². The molecule has 0 aliphatic carbocycles. The van der Waals surface area contributed by atoms with Crippen LogP contribution in [0.25, 0.3) is 0 Å². The van der Waals surface area contributed by atoms with Crippen LogP contribution >= 0.6 is 0 Å². The Kier molecular flexibility index (Phi) is 3.42. The number of phenols is 1. The van der Waals surface area contributed by atoms with E-state index in [0.717, 1.165) is 34.6 Å². The summed E-state index contributed by atoms with van der Waals surface area (Å²) < 4.78 is 6.30. The van der Waals surface area contributed by atoms with E-state index in [0.29, 0.717) is 0 Å².